The Balaban J connectivity index is 1.06. The predicted octanol–water partition coefficient (Wildman–Crippen LogP) is 4.35. The van der Waals surface area contributed by atoms with Gasteiger partial charge < -0.3 is 24.8 Å². The standard InChI is InChI=1S/C29H32N6O3/c1-19-5-7-20(8-6-19)21-9-10-22-23(16-21)34-27(33-22)11-14-30-15-12-28-35-25(18-38-28)29(36)32-17-24-26(37-2)4-3-13-31-24/h5-10,13,16,18,30H,3-4,11-12,14-15,17H2,1-2H3,(H,32,36)(H,33,34). The van der Waals surface area contributed by atoms with E-state index in [4.69, 9.17) is 14.1 Å². The van der Waals surface area contributed by atoms with Crippen molar-refractivity contribution in [1.82, 2.24) is 25.6 Å². The van der Waals surface area contributed by atoms with Crippen molar-refractivity contribution in [3.8, 4) is 11.1 Å². The zero-order valence-electron chi connectivity index (χ0n) is 21.7. The number of oxazole rings is 1. The number of carbonyl (C=O) groups is 1. The molecule has 0 saturated heterocycles. The number of amides is 1. The molecule has 0 atom stereocenters. The minimum atomic E-state index is -0.299. The molecule has 2 aromatic heterocycles. The van der Waals surface area contributed by atoms with Crippen LogP contribution < -0.4 is 10.6 Å². The fourth-order valence-electron chi connectivity index (χ4n) is 4.37. The minimum absolute atomic E-state index is 0.256. The third-order valence-electron chi connectivity index (χ3n) is 6.49. The molecule has 3 heterocycles. The Bertz CT molecular complexity index is 1470. The highest BCUT2D eigenvalue weighted by Crippen LogP contribution is 2.24. The monoisotopic (exact) mass is 512 g/mol. The number of aryl methyl sites for hydroxylation is 1. The van der Waals surface area contributed by atoms with Crippen LogP contribution in [0.15, 0.2) is 69.6 Å². The maximum Gasteiger partial charge on any atom is 0.273 e. The van der Waals surface area contributed by atoms with Gasteiger partial charge in [-0.1, -0.05) is 35.9 Å². The van der Waals surface area contributed by atoms with Crippen LogP contribution in [0.3, 0.4) is 0 Å². The Kier molecular flexibility index (Phi) is 7.94. The van der Waals surface area contributed by atoms with Gasteiger partial charge in [0.1, 0.15) is 17.8 Å². The summed E-state index contributed by atoms with van der Waals surface area (Å²) in [7, 11) is 1.62. The fourth-order valence-corrected chi connectivity index (χ4v) is 4.37. The number of aromatic nitrogens is 3. The van der Waals surface area contributed by atoms with Crippen molar-refractivity contribution in [2.75, 3.05) is 26.7 Å². The quantitative estimate of drug-likeness (QED) is 0.257. The van der Waals surface area contributed by atoms with E-state index in [-0.39, 0.29) is 18.1 Å². The van der Waals surface area contributed by atoms with Crippen LogP contribution in [0.25, 0.3) is 22.2 Å². The van der Waals surface area contributed by atoms with Crippen LogP contribution in [0.4, 0.5) is 0 Å². The van der Waals surface area contributed by atoms with Crippen LogP contribution in [0.5, 0.6) is 0 Å². The van der Waals surface area contributed by atoms with Gasteiger partial charge in [-0.2, -0.15) is 0 Å². The second-order valence-electron chi connectivity index (χ2n) is 9.26. The first-order valence-corrected chi connectivity index (χ1v) is 12.9. The first-order chi connectivity index (χ1) is 18.6. The van der Waals surface area contributed by atoms with Crippen molar-refractivity contribution < 1.29 is 13.9 Å². The van der Waals surface area contributed by atoms with Crippen LogP contribution in [-0.2, 0) is 17.6 Å². The zero-order valence-corrected chi connectivity index (χ0v) is 21.7. The number of fused-ring (bicyclic) bond motifs is 1. The molecule has 0 radical (unpaired) electrons. The lowest BCUT2D eigenvalue weighted by Crippen LogP contribution is -2.27. The van der Waals surface area contributed by atoms with Crippen molar-refractivity contribution in [3.63, 3.8) is 0 Å². The van der Waals surface area contributed by atoms with Gasteiger partial charge in [-0.25, -0.2) is 9.97 Å². The van der Waals surface area contributed by atoms with E-state index in [2.05, 4.69) is 75.0 Å². The Morgan fingerprint density at radius 1 is 1.08 bits per heavy atom. The molecule has 1 aliphatic rings. The third-order valence-corrected chi connectivity index (χ3v) is 6.49. The predicted molar refractivity (Wildman–Crippen MR) is 147 cm³/mol. The van der Waals surface area contributed by atoms with Gasteiger partial charge in [0.25, 0.3) is 5.91 Å². The molecule has 0 unspecified atom stereocenters. The number of H-pyrrole nitrogens is 1. The van der Waals surface area contributed by atoms with Crippen molar-refractivity contribution >= 4 is 23.2 Å². The van der Waals surface area contributed by atoms with Gasteiger partial charge in [0.05, 0.1) is 30.4 Å². The van der Waals surface area contributed by atoms with E-state index in [9.17, 15) is 4.79 Å². The van der Waals surface area contributed by atoms with Gasteiger partial charge in [0.2, 0.25) is 0 Å². The van der Waals surface area contributed by atoms with E-state index in [0.717, 1.165) is 54.1 Å². The van der Waals surface area contributed by atoms with Gasteiger partial charge >= 0.3 is 0 Å². The molecule has 0 saturated carbocycles. The van der Waals surface area contributed by atoms with Crippen LogP contribution in [0, 0.1) is 6.92 Å². The summed E-state index contributed by atoms with van der Waals surface area (Å²) in [5, 5.41) is 6.22. The number of hydrogen-bond acceptors (Lipinski definition) is 7. The van der Waals surface area contributed by atoms with E-state index in [1.54, 1.807) is 7.11 Å². The first kappa shape index (κ1) is 25.4. The molecule has 38 heavy (non-hydrogen) atoms. The molecule has 0 bridgehead atoms. The number of rotatable bonds is 11. The van der Waals surface area contributed by atoms with Gasteiger partial charge in [0, 0.05) is 38.6 Å². The lowest BCUT2D eigenvalue weighted by atomic mass is 10.0. The second kappa shape index (κ2) is 11.9. The Labute approximate surface area is 221 Å². The summed E-state index contributed by atoms with van der Waals surface area (Å²) < 4.78 is 10.8. The van der Waals surface area contributed by atoms with Crippen molar-refractivity contribution in [3.05, 3.63) is 83.2 Å². The van der Waals surface area contributed by atoms with Gasteiger partial charge in [-0.3, -0.25) is 9.79 Å². The van der Waals surface area contributed by atoms with E-state index < -0.39 is 0 Å². The highest BCUT2D eigenvalue weighted by molar-refractivity contribution is 5.92. The Morgan fingerprint density at radius 3 is 2.74 bits per heavy atom. The number of benzene rings is 2. The molecule has 1 aliphatic heterocycles. The molecular weight excluding hydrogens is 480 g/mol. The molecule has 0 spiro atoms. The van der Waals surface area contributed by atoms with Crippen LogP contribution >= 0.6 is 0 Å². The number of methoxy groups -OCH3 is 1. The zero-order chi connectivity index (χ0) is 26.3. The summed E-state index contributed by atoms with van der Waals surface area (Å²) in [4.78, 5) is 29.2. The number of nitrogens with zero attached hydrogens (tertiary/aromatic N) is 3. The number of nitrogens with one attached hydrogen (secondary N) is 3. The average molecular weight is 513 g/mol. The normalized spacial score (nSPS) is 13.3. The summed E-state index contributed by atoms with van der Waals surface area (Å²) >= 11 is 0. The molecule has 0 aliphatic carbocycles. The topological polar surface area (TPSA) is 117 Å². The summed E-state index contributed by atoms with van der Waals surface area (Å²) in [5.74, 6) is 1.96. The van der Waals surface area contributed by atoms with Crippen molar-refractivity contribution in [1.29, 1.82) is 0 Å². The molecule has 5 rings (SSSR count). The van der Waals surface area contributed by atoms with Crippen molar-refractivity contribution in [2.45, 2.75) is 32.6 Å². The van der Waals surface area contributed by atoms with Crippen LogP contribution in [0.2, 0.25) is 0 Å². The number of allylic oxidation sites excluding steroid dienone is 1. The van der Waals surface area contributed by atoms with Crippen molar-refractivity contribution in [2.24, 2.45) is 4.99 Å². The van der Waals surface area contributed by atoms with Gasteiger partial charge in [0.15, 0.2) is 11.6 Å². The lowest BCUT2D eigenvalue weighted by molar-refractivity contribution is 0.0951. The SMILES string of the molecule is COC1=C(CNC(=O)c2coc(CCNCCc3nc4ccc(-c5ccc(C)cc5)cc4[nH]3)n2)N=CCC1. The summed E-state index contributed by atoms with van der Waals surface area (Å²) in [6.45, 7) is 3.82. The third kappa shape index (κ3) is 6.18. The smallest absolute Gasteiger partial charge is 0.273 e. The number of carbonyl (C=O) groups excluding carboxylic acids is 1. The van der Waals surface area contributed by atoms with Crippen LogP contribution in [-0.4, -0.2) is 53.8 Å². The second-order valence-corrected chi connectivity index (χ2v) is 9.26. The molecule has 9 heteroatoms. The first-order valence-electron chi connectivity index (χ1n) is 12.9. The maximum atomic E-state index is 12.4. The summed E-state index contributed by atoms with van der Waals surface area (Å²) in [6.07, 6.45) is 6.21. The number of ether oxygens (including phenoxy) is 1. The number of imidazole rings is 1. The fraction of sp³-hybridized carbons (Fsp3) is 0.310. The molecule has 4 aromatic rings. The van der Waals surface area contributed by atoms with E-state index in [1.165, 1.54) is 23.0 Å². The number of aliphatic imine (C=N–C) groups is 1. The molecule has 1 amide bonds. The summed E-state index contributed by atoms with van der Waals surface area (Å²) in [5.41, 5.74) is 6.60. The molecule has 0 fully saturated rings. The molecule has 3 N–H and O–H groups in total. The summed E-state index contributed by atoms with van der Waals surface area (Å²) in [6, 6.07) is 14.9. The highest BCUT2D eigenvalue weighted by Gasteiger charge is 2.15. The maximum absolute atomic E-state index is 12.4. The van der Waals surface area contributed by atoms with Gasteiger partial charge in [-0.05, 0) is 36.6 Å². The number of hydrogen-bond donors (Lipinski definition) is 3. The largest absolute Gasteiger partial charge is 0.499 e. The van der Waals surface area contributed by atoms with E-state index in [0.29, 0.717) is 18.9 Å². The van der Waals surface area contributed by atoms with E-state index >= 15 is 0 Å². The average Bonchev–Trinajstić information content (AvgIpc) is 3.58. The Morgan fingerprint density at radius 2 is 1.89 bits per heavy atom. The Hall–Kier alpha value is -4.24. The lowest BCUT2D eigenvalue weighted by Gasteiger charge is -2.14. The van der Waals surface area contributed by atoms with E-state index in [1.807, 2.05) is 6.21 Å². The molecule has 9 nitrogen and oxygen atoms in total. The highest BCUT2D eigenvalue weighted by atomic mass is 16.5. The number of aromatic amines is 1. The minimum Gasteiger partial charge on any atom is -0.499 e. The van der Waals surface area contributed by atoms with Gasteiger partial charge in [-0.15, -0.1) is 0 Å². The van der Waals surface area contributed by atoms with Crippen LogP contribution in [0.1, 0.15) is 40.6 Å². The molecule has 2 aromatic carbocycles. The molecular formula is C29H32N6O3. The molecule has 196 valence electrons.